The highest BCUT2D eigenvalue weighted by atomic mass is 16.5. The molecule has 0 spiro atoms. The van der Waals surface area contributed by atoms with Crippen LogP contribution in [0.15, 0.2) is 12.3 Å². The molecular weight excluding hydrogens is 254 g/mol. The molecule has 3 rings (SSSR count). The smallest absolute Gasteiger partial charge is 0.114 e. The minimum absolute atomic E-state index is 0.113. The Labute approximate surface area is 120 Å². The van der Waals surface area contributed by atoms with Crippen LogP contribution in [-0.2, 0) is 9.47 Å². The van der Waals surface area contributed by atoms with Crippen LogP contribution in [0.5, 0.6) is 0 Å². The zero-order chi connectivity index (χ0) is 13.9. The van der Waals surface area contributed by atoms with Crippen LogP contribution in [0, 0.1) is 0 Å². The van der Waals surface area contributed by atoms with Gasteiger partial charge in [0, 0.05) is 37.5 Å². The molecule has 2 aliphatic heterocycles. The first-order chi connectivity index (χ1) is 9.75. The van der Waals surface area contributed by atoms with Gasteiger partial charge in [-0.2, -0.15) is 5.10 Å². The van der Waals surface area contributed by atoms with E-state index >= 15 is 0 Å². The summed E-state index contributed by atoms with van der Waals surface area (Å²) in [6.45, 7) is 6.86. The quantitative estimate of drug-likeness (QED) is 0.916. The summed E-state index contributed by atoms with van der Waals surface area (Å²) < 4.78 is 13.6. The van der Waals surface area contributed by atoms with Gasteiger partial charge in [0.1, 0.15) is 6.10 Å². The molecule has 0 bridgehead atoms. The van der Waals surface area contributed by atoms with Gasteiger partial charge in [-0.15, -0.1) is 0 Å². The van der Waals surface area contributed by atoms with Crippen LogP contribution in [0.4, 0.5) is 0 Å². The van der Waals surface area contributed by atoms with Crippen LogP contribution >= 0.6 is 0 Å². The van der Waals surface area contributed by atoms with Crippen molar-refractivity contribution in [3.63, 3.8) is 0 Å². The van der Waals surface area contributed by atoms with E-state index in [2.05, 4.69) is 35.0 Å². The summed E-state index contributed by atoms with van der Waals surface area (Å²) in [5.41, 5.74) is 1.19. The fourth-order valence-corrected chi connectivity index (χ4v) is 3.21. The molecule has 1 N–H and O–H groups in total. The van der Waals surface area contributed by atoms with Gasteiger partial charge in [-0.25, -0.2) is 0 Å². The molecule has 0 unspecified atom stereocenters. The van der Waals surface area contributed by atoms with Crippen molar-refractivity contribution in [2.24, 2.45) is 0 Å². The maximum atomic E-state index is 5.98. The van der Waals surface area contributed by atoms with Crippen LogP contribution in [0.25, 0.3) is 0 Å². The third-order valence-electron chi connectivity index (χ3n) is 4.18. The average Bonchev–Trinajstić information content (AvgIpc) is 3.07. The maximum absolute atomic E-state index is 5.98. The van der Waals surface area contributed by atoms with Crippen molar-refractivity contribution < 1.29 is 9.47 Å². The number of hydrogen-bond donors (Lipinski definition) is 1. The largest absolute Gasteiger partial charge is 0.380 e. The lowest BCUT2D eigenvalue weighted by atomic mass is 10.0. The Morgan fingerprint density at radius 1 is 1.35 bits per heavy atom. The Hall–Kier alpha value is -0.910. The number of hydrogen-bond acceptors (Lipinski definition) is 4. The lowest BCUT2D eigenvalue weighted by molar-refractivity contribution is 0.0520. The van der Waals surface area contributed by atoms with Crippen molar-refractivity contribution in [2.75, 3.05) is 19.8 Å². The molecule has 1 aromatic heterocycles. The second-order valence-corrected chi connectivity index (χ2v) is 6.06. The van der Waals surface area contributed by atoms with Crippen molar-refractivity contribution in [3.05, 3.63) is 18.0 Å². The summed E-state index contributed by atoms with van der Waals surface area (Å²) >= 11 is 0. The second-order valence-electron chi connectivity index (χ2n) is 6.06. The van der Waals surface area contributed by atoms with Crippen molar-refractivity contribution in [1.29, 1.82) is 0 Å². The molecule has 2 saturated heterocycles. The topological polar surface area (TPSA) is 48.3 Å². The lowest BCUT2D eigenvalue weighted by Gasteiger charge is -2.29. The SMILES string of the molecule is CC(C)n1nccc1[C@H]1OCC[C@@H]1N[C@@H]1CCCOC1. The van der Waals surface area contributed by atoms with Gasteiger partial charge in [0.25, 0.3) is 0 Å². The first-order valence-corrected chi connectivity index (χ1v) is 7.74. The normalized spacial score (nSPS) is 31.1. The Balaban J connectivity index is 1.69. The van der Waals surface area contributed by atoms with E-state index in [-0.39, 0.29) is 6.10 Å². The van der Waals surface area contributed by atoms with Crippen molar-refractivity contribution in [1.82, 2.24) is 15.1 Å². The summed E-state index contributed by atoms with van der Waals surface area (Å²) in [5.74, 6) is 0. The Morgan fingerprint density at radius 3 is 3.00 bits per heavy atom. The highest BCUT2D eigenvalue weighted by molar-refractivity contribution is 5.11. The number of nitrogens with zero attached hydrogens (tertiary/aromatic N) is 2. The molecule has 0 saturated carbocycles. The molecule has 0 amide bonds. The van der Waals surface area contributed by atoms with Gasteiger partial charge in [-0.3, -0.25) is 4.68 Å². The predicted molar refractivity (Wildman–Crippen MR) is 76.7 cm³/mol. The lowest BCUT2D eigenvalue weighted by Crippen LogP contribution is -2.44. The van der Waals surface area contributed by atoms with Crippen molar-refractivity contribution in [2.45, 2.75) is 57.3 Å². The Morgan fingerprint density at radius 2 is 2.25 bits per heavy atom. The molecule has 5 heteroatoms. The van der Waals surface area contributed by atoms with Gasteiger partial charge < -0.3 is 14.8 Å². The molecule has 3 atom stereocenters. The summed E-state index contributed by atoms with van der Waals surface area (Å²) in [6.07, 6.45) is 5.40. The fourth-order valence-electron chi connectivity index (χ4n) is 3.21. The summed E-state index contributed by atoms with van der Waals surface area (Å²) in [5, 5.41) is 8.16. The van der Waals surface area contributed by atoms with Gasteiger partial charge in [0.15, 0.2) is 0 Å². The molecule has 3 heterocycles. The predicted octanol–water partition coefficient (Wildman–Crippen LogP) is 2.06. The average molecular weight is 279 g/mol. The molecule has 5 nitrogen and oxygen atoms in total. The first kappa shape index (κ1) is 14.0. The molecule has 0 aromatic carbocycles. The zero-order valence-electron chi connectivity index (χ0n) is 12.4. The maximum Gasteiger partial charge on any atom is 0.114 e. The molecule has 20 heavy (non-hydrogen) atoms. The van der Waals surface area contributed by atoms with Crippen molar-refractivity contribution >= 4 is 0 Å². The van der Waals surface area contributed by atoms with Crippen LogP contribution in [-0.4, -0.2) is 41.7 Å². The third kappa shape index (κ3) is 2.90. The van der Waals surface area contributed by atoms with Crippen LogP contribution in [0.3, 0.4) is 0 Å². The summed E-state index contributed by atoms with van der Waals surface area (Å²) in [4.78, 5) is 0. The molecule has 2 fully saturated rings. The van der Waals surface area contributed by atoms with Gasteiger partial charge >= 0.3 is 0 Å². The molecule has 2 aliphatic rings. The number of rotatable bonds is 4. The van der Waals surface area contributed by atoms with Crippen LogP contribution in [0.1, 0.15) is 50.9 Å². The van der Waals surface area contributed by atoms with Gasteiger partial charge in [-0.1, -0.05) is 0 Å². The molecular formula is C15H25N3O2. The second kappa shape index (κ2) is 6.24. The van der Waals surface area contributed by atoms with E-state index in [4.69, 9.17) is 9.47 Å². The number of aromatic nitrogens is 2. The first-order valence-electron chi connectivity index (χ1n) is 7.74. The highest BCUT2D eigenvalue weighted by Crippen LogP contribution is 2.31. The van der Waals surface area contributed by atoms with Gasteiger partial charge in [0.2, 0.25) is 0 Å². The number of nitrogens with one attached hydrogen (secondary N) is 1. The van der Waals surface area contributed by atoms with Gasteiger partial charge in [-0.05, 0) is 39.2 Å². The third-order valence-corrected chi connectivity index (χ3v) is 4.18. The van der Waals surface area contributed by atoms with Crippen molar-refractivity contribution in [3.8, 4) is 0 Å². The van der Waals surface area contributed by atoms with Gasteiger partial charge in [0.05, 0.1) is 12.3 Å². The van der Waals surface area contributed by atoms with E-state index in [1.807, 2.05) is 6.20 Å². The summed E-state index contributed by atoms with van der Waals surface area (Å²) in [6, 6.07) is 3.29. The minimum atomic E-state index is 0.113. The molecule has 1 aromatic rings. The van der Waals surface area contributed by atoms with Crippen LogP contribution < -0.4 is 5.32 Å². The van der Waals surface area contributed by atoms with E-state index in [9.17, 15) is 0 Å². The standard InChI is InChI=1S/C15H25N3O2/c1-11(2)18-14(5-7-16-18)15-13(6-9-20-15)17-12-4-3-8-19-10-12/h5,7,11-13,15,17H,3-4,6,8-10H2,1-2H3/t12-,13+,15+/m1/s1. The van der Waals surface area contributed by atoms with E-state index < -0.39 is 0 Å². The molecule has 0 radical (unpaired) electrons. The Bertz CT molecular complexity index is 427. The zero-order valence-corrected chi connectivity index (χ0v) is 12.4. The molecule has 112 valence electrons. The summed E-state index contributed by atoms with van der Waals surface area (Å²) in [7, 11) is 0. The Kier molecular flexibility index (Phi) is 4.38. The highest BCUT2D eigenvalue weighted by Gasteiger charge is 2.34. The van der Waals surface area contributed by atoms with E-state index in [1.54, 1.807) is 0 Å². The van der Waals surface area contributed by atoms with E-state index in [0.29, 0.717) is 18.1 Å². The fraction of sp³-hybridized carbons (Fsp3) is 0.800. The van der Waals surface area contributed by atoms with Crippen LogP contribution in [0.2, 0.25) is 0 Å². The number of ether oxygens (including phenoxy) is 2. The van der Waals surface area contributed by atoms with E-state index in [1.165, 1.54) is 12.1 Å². The molecule has 0 aliphatic carbocycles. The monoisotopic (exact) mass is 279 g/mol. The minimum Gasteiger partial charge on any atom is -0.380 e. The van der Waals surface area contributed by atoms with E-state index in [0.717, 1.165) is 32.7 Å².